The molecule has 0 bridgehead atoms. The highest BCUT2D eigenvalue weighted by atomic mass is 35.5. The Bertz CT molecular complexity index is 983. The second-order valence-corrected chi connectivity index (χ2v) is 11.6. The van der Waals surface area contributed by atoms with Gasteiger partial charge in [0.05, 0.1) is 28.8 Å². The molecule has 1 amide bonds. The van der Waals surface area contributed by atoms with E-state index < -0.39 is 0 Å². The first-order valence-corrected chi connectivity index (χ1v) is 12.4. The van der Waals surface area contributed by atoms with Gasteiger partial charge in [-0.3, -0.25) is 4.79 Å². The van der Waals surface area contributed by atoms with E-state index in [1.807, 2.05) is 0 Å². The van der Waals surface area contributed by atoms with Crippen LogP contribution in [0, 0.1) is 0 Å². The lowest BCUT2D eigenvalue weighted by Gasteiger charge is -2.19. The molecule has 1 heterocycles. The van der Waals surface area contributed by atoms with Crippen LogP contribution in [0.25, 0.3) is 0 Å². The van der Waals surface area contributed by atoms with Crippen molar-refractivity contribution < 1.29 is 14.3 Å². The molecule has 166 valence electrons. The van der Waals surface area contributed by atoms with Crippen LogP contribution in [0.4, 0.5) is 0 Å². The standard InChI is InChI=1S/C21H21Cl3N2O3S2/c1-21(30-5-6-31-21)10-19(27)26-25-11-13-7-17(24)20(18(8-13)28-2)29-12-14-3-4-15(22)9-16(14)23/h3-4,7-9,11H,5-6,10,12H2,1-2H3,(H,26,27). The van der Waals surface area contributed by atoms with Crippen molar-refractivity contribution in [3.8, 4) is 11.5 Å². The van der Waals surface area contributed by atoms with Crippen LogP contribution in [0.1, 0.15) is 24.5 Å². The molecule has 0 radical (unpaired) electrons. The summed E-state index contributed by atoms with van der Waals surface area (Å²) in [6.07, 6.45) is 1.92. The Kier molecular flexibility index (Phi) is 8.70. The first-order chi connectivity index (χ1) is 14.8. The van der Waals surface area contributed by atoms with Crippen LogP contribution in [0.15, 0.2) is 35.4 Å². The molecule has 1 N–H and O–H groups in total. The fraction of sp³-hybridized carbons (Fsp3) is 0.333. The van der Waals surface area contributed by atoms with Crippen LogP contribution in [0.2, 0.25) is 15.1 Å². The molecule has 2 aromatic carbocycles. The van der Waals surface area contributed by atoms with Crippen LogP contribution in [-0.2, 0) is 11.4 Å². The third kappa shape index (κ3) is 6.86. The number of benzene rings is 2. The monoisotopic (exact) mass is 518 g/mol. The molecule has 1 fully saturated rings. The van der Waals surface area contributed by atoms with E-state index in [2.05, 4.69) is 17.5 Å². The van der Waals surface area contributed by atoms with Gasteiger partial charge in [-0.05, 0) is 36.8 Å². The van der Waals surface area contributed by atoms with E-state index in [0.29, 0.717) is 38.6 Å². The minimum absolute atomic E-state index is 0.0852. The van der Waals surface area contributed by atoms with Gasteiger partial charge in [0.2, 0.25) is 5.91 Å². The molecular formula is C21H21Cl3N2O3S2. The Morgan fingerprint density at radius 2 is 1.94 bits per heavy atom. The summed E-state index contributed by atoms with van der Waals surface area (Å²) in [5, 5.41) is 5.45. The van der Waals surface area contributed by atoms with Gasteiger partial charge in [0.25, 0.3) is 0 Å². The smallest absolute Gasteiger partial charge is 0.242 e. The summed E-state index contributed by atoms with van der Waals surface area (Å²) in [5.74, 6) is 2.83. The summed E-state index contributed by atoms with van der Waals surface area (Å²) < 4.78 is 11.2. The van der Waals surface area contributed by atoms with Crippen molar-refractivity contribution in [1.29, 1.82) is 0 Å². The molecule has 1 aliphatic rings. The zero-order valence-electron chi connectivity index (χ0n) is 16.9. The van der Waals surface area contributed by atoms with Gasteiger partial charge in [0.15, 0.2) is 11.5 Å². The number of rotatable bonds is 8. The number of carbonyl (C=O) groups excluding carboxylic acids is 1. The number of hydrogen-bond acceptors (Lipinski definition) is 6. The van der Waals surface area contributed by atoms with E-state index in [1.54, 1.807) is 53.9 Å². The van der Waals surface area contributed by atoms with Gasteiger partial charge in [-0.2, -0.15) is 5.10 Å². The molecule has 0 atom stereocenters. The van der Waals surface area contributed by atoms with Gasteiger partial charge < -0.3 is 9.47 Å². The van der Waals surface area contributed by atoms with E-state index in [4.69, 9.17) is 44.3 Å². The number of methoxy groups -OCH3 is 1. The zero-order valence-corrected chi connectivity index (χ0v) is 20.8. The van der Waals surface area contributed by atoms with Gasteiger partial charge in [0, 0.05) is 27.1 Å². The summed E-state index contributed by atoms with van der Waals surface area (Å²) in [4.78, 5) is 12.2. The fourth-order valence-electron chi connectivity index (χ4n) is 2.91. The third-order valence-electron chi connectivity index (χ3n) is 4.42. The maximum Gasteiger partial charge on any atom is 0.242 e. The van der Waals surface area contributed by atoms with Crippen molar-refractivity contribution in [3.05, 3.63) is 56.5 Å². The number of nitrogens with one attached hydrogen (secondary N) is 1. The van der Waals surface area contributed by atoms with Crippen LogP contribution < -0.4 is 14.9 Å². The third-order valence-corrected chi connectivity index (χ3v) is 8.58. The largest absolute Gasteiger partial charge is 0.493 e. The first-order valence-electron chi connectivity index (χ1n) is 9.34. The van der Waals surface area contributed by atoms with Crippen LogP contribution >= 0.6 is 58.3 Å². The molecular weight excluding hydrogens is 499 g/mol. The number of hydrazone groups is 1. The van der Waals surface area contributed by atoms with Crippen molar-refractivity contribution in [3.63, 3.8) is 0 Å². The number of thioether (sulfide) groups is 2. The second-order valence-electron chi connectivity index (χ2n) is 6.86. The summed E-state index contributed by atoms with van der Waals surface area (Å²) >= 11 is 22.1. The zero-order chi connectivity index (χ0) is 22.4. The van der Waals surface area contributed by atoms with Crippen molar-refractivity contribution >= 4 is 70.4 Å². The Balaban J connectivity index is 1.64. The molecule has 2 aromatic rings. The quantitative estimate of drug-likeness (QED) is 0.329. The number of nitrogens with zero attached hydrogens (tertiary/aromatic N) is 1. The van der Waals surface area contributed by atoms with Crippen molar-refractivity contribution in [2.45, 2.75) is 24.0 Å². The molecule has 0 saturated carbocycles. The number of amides is 1. The molecule has 0 spiro atoms. The lowest BCUT2D eigenvalue weighted by Crippen LogP contribution is -2.26. The average molecular weight is 520 g/mol. The first kappa shape index (κ1) is 24.4. The highest BCUT2D eigenvalue weighted by Gasteiger charge is 2.32. The predicted octanol–water partition coefficient (Wildman–Crippen LogP) is 6.27. The summed E-state index contributed by atoms with van der Waals surface area (Å²) in [5.41, 5.74) is 4.01. The summed E-state index contributed by atoms with van der Waals surface area (Å²) in [7, 11) is 1.52. The Labute approximate surface area is 205 Å². The number of ether oxygens (including phenoxy) is 2. The molecule has 1 aliphatic heterocycles. The van der Waals surface area contributed by atoms with Gasteiger partial charge in [-0.25, -0.2) is 5.43 Å². The summed E-state index contributed by atoms with van der Waals surface area (Å²) in [6.45, 7) is 2.28. The minimum atomic E-state index is -0.126. The van der Waals surface area contributed by atoms with Crippen LogP contribution in [0.5, 0.6) is 11.5 Å². The lowest BCUT2D eigenvalue weighted by atomic mass is 10.2. The Morgan fingerprint density at radius 3 is 2.61 bits per heavy atom. The fourth-order valence-corrected chi connectivity index (χ4v) is 6.48. The molecule has 0 unspecified atom stereocenters. The Morgan fingerprint density at radius 1 is 1.19 bits per heavy atom. The molecule has 1 saturated heterocycles. The molecule has 0 aromatic heterocycles. The van der Waals surface area contributed by atoms with E-state index in [0.717, 1.165) is 17.1 Å². The molecule has 5 nitrogen and oxygen atoms in total. The average Bonchev–Trinajstić information content (AvgIpc) is 3.13. The minimum Gasteiger partial charge on any atom is -0.493 e. The van der Waals surface area contributed by atoms with E-state index in [1.165, 1.54) is 13.3 Å². The molecule has 3 rings (SSSR count). The van der Waals surface area contributed by atoms with E-state index in [-0.39, 0.29) is 16.6 Å². The number of halogens is 3. The maximum absolute atomic E-state index is 12.2. The highest BCUT2D eigenvalue weighted by molar-refractivity contribution is 8.21. The van der Waals surface area contributed by atoms with Crippen molar-refractivity contribution in [2.24, 2.45) is 5.10 Å². The van der Waals surface area contributed by atoms with Gasteiger partial charge in [-0.1, -0.05) is 40.9 Å². The SMILES string of the molecule is COc1cc(C=NNC(=O)CC2(C)SCCS2)cc(Cl)c1OCc1ccc(Cl)cc1Cl. The number of carbonyl (C=O) groups is 1. The lowest BCUT2D eigenvalue weighted by molar-refractivity contribution is -0.121. The normalized spacial score (nSPS) is 15.3. The van der Waals surface area contributed by atoms with Crippen molar-refractivity contribution in [2.75, 3.05) is 18.6 Å². The highest BCUT2D eigenvalue weighted by Crippen LogP contribution is 2.45. The van der Waals surface area contributed by atoms with Crippen molar-refractivity contribution in [1.82, 2.24) is 5.43 Å². The van der Waals surface area contributed by atoms with E-state index in [9.17, 15) is 4.79 Å². The number of hydrogen-bond donors (Lipinski definition) is 1. The molecule has 31 heavy (non-hydrogen) atoms. The molecule has 10 heteroatoms. The Hall–Kier alpha value is -1.25. The van der Waals surface area contributed by atoms with Gasteiger partial charge in [-0.15, -0.1) is 23.5 Å². The predicted molar refractivity (Wildman–Crippen MR) is 132 cm³/mol. The van der Waals surface area contributed by atoms with Crippen LogP contribution in [-0.4, -0.2) is 34.8 Å². The second kappa shape index (κ2) is 11.1. The van der Waals surface area contributed by atoms with Gasteiger partial charge >= 0.3 is 0 Å². The van der Waals surface area contributed by atoms with Crippen LogP contribution in [0.3, 0.4) is 0 Å². The van der Waals surface area contributed by atoms with Gasteiger partial charge in [0.1, 0.15) is 6.61 Å². The molecule has 0 aliphatic carbocycles. The topological polar surface area (TPSA) is 59.9 Å². The van der Waals surface area contributed by atoms with E-state index >= 15 is 0 Å². The summed E-state index contributed by atoms with van der Waals surface area (Å²) in [6, 6.07) is 8.59. The maximum atomic E-state index is 12.2.